The summed E-state index contributed by atoms with van der Waals surface area (Å²) in [6.45, 7) is 2.39. The Hall–Kier alpha value is -1.92. The molecular formula is C14H12F4O3. The van der Waals surface area contributed by atoms with Crippen molar-refractivity contribution in [2.24, 2.45) is 17.3 Å². The molecule has 2 atom stereocenters. The van der Waals surface area contributed by atoms with Gasteiger partial charge >= 0.3 is 5.97 Å². The van der Waals surface area contributed by atoms with Crippen LogP contribution in [0.25, 0.3) is 0 Å². The highest BCUT2D eigenvalue weighted by atomic mass is 19.2. The van der Waals surface area contributed by atoms with Gasteiger partial charge in [-0.15, -0.1) is 0 Å². The van der Waals surface area contributed by atoms with Crippen molar-refractivity contribution in [3.05, 3.63) is 34.9 Å². The summed E-state index contributed by atoms with van der Waals surface area (Å²) < 4.78 is 57.4. The zero-order valence-corrected chi connectivity index (χ0v) is 11.3. The maximum atomic E-state index is 13.4. The van der Waals surface area contributed by atoms with Gasteiger partial charge in [0.1, 0.15) is 12.9 Å². The average molecular weight is 304 g/mol. The lowest BCUT2D eigenvalue weighted by Gasteiger charge is -2.09. The fraction of sp³-hybridized carbons (Fsp3) is 0.429. The first-order valence-corrected chi connectivity index (χ1v) is 6.15. The molecule has 2 rings (SSSR count). The Kier molecular flexibility index (Phi) is 3.78. The van der Waals surface area contributed by atoms with Crippen molar-refractivity contribution < 1.29 is 31.9 Å². The number of ether oxygens (including phenoxy) is 1. The third kappa shape index (κ3) is 2.52. The topological polar surface area (TPSA) is 43.4 Å². The van der Waals surface area contributed by atoms with Crippen molar-refractivity contribution in [2.75, 3.05) is 0 Å². The maximum absolute atomic E-state index is 13.4. The Bertz CT molecular complexity index is 586. The highest BCUT2D eigenvalue weighted by Crippen LogP contribution is 2.57. The van der Waals surface area contributed by atoms with Gasteiger partial charge in [0.2, 0.25) is 0 Å². The molecule has 7 heteroatoms. The zero-order valence-electron chi connectivity index (χ0n) is 11.3. The van der Waals surface area contributed by atoms with Gasteiger partial charge in [-0.2, -0.15) is 0 Å². The van der Waals surface area contributed by atoms with Crippen LogP contribution >= 0.6 is 0 Å². The fourth-order valence-corrected chi connectivity index (χ4v) is 2.36. The maximum Gasteiger partial charge on any atom is 0.310 e. The quantitative estimate of drug-likeness (QED) is 0.372. The SMILES string of the molecule is CC1(C)[C@H](C(=O)OCc2c(F)c(F)cc(F)c2F)[C@@H]1C=O. The predicted molar refractivity (Wildman–Crippen MR) is 62.9 cm³/mol. The van der Waals surface area contributed by atoms with Crippen LogP contribution in [-0.2, 0) is 20.9 Å². The van der Waals surface area contributed by atoms with Crippen molar-refractivity contribution in [2.45, 2.75) is 20.5 Å². The molecule has 0 unspecified atom stereocenters. The Balaban J connectivity index is 2.12. The highest BCUT2D eigenvalue weighted by molar-refractivity contribution is 5.84. The van der Waals surface area contributed by atoms with Gasteiger partial charge in [-0.25, -0.2) is 17.6 Å². The van der Waals surface area contributed by atoms with Gasteiger partial charge < -0.3 is 9.53 Å². The summed E-state index contributed by atoms with van der Waals surface area (Å²) >= 11 is 0. The first-order valence-electron chi connectivity index (χ1n) is 6.15. The lowest BCUT2D eigenvalue weighted by molar-refractivity contribution is -0.148. The summed E-state index contributed by atoms with van der Waals surface area (Å²) in [7, 11) is 0. The van der Waals surface area contributed by atoms with E-state index in [-0.39, 0.29) is 6.07 Å². The summed E-state index contributed by atoms with van der Waals surface area (Å²) in [5.41, 5.74) is -1.59. The van der Waals surface area contributed by atoms with Crippen LogP contribution in [0.1, 0.15) is 19.4 Å². The Morgan fingerprint density at radius 1 is 1.24 bits per heavy atom. The lowest BCUT2D eigenvalue weighted by Crippen LogP contribution is -2.13. The second-order valence-corrected chi connectivity index (χ2v) is 5.52. The van der Waals surface area contributed by atoms with E-state index >= 15 is 0 Å². The van der Waals surface area contributed by atoms with Crippen LogP contribution in [0.4, 0.5) is 17.6 Å². The standard InChI is InChI=1S/C14H12F4O3/c1-14(2)7(4-19)10(14)13(20)21-5-6-11(17)8(15)3-9(16)12(6)18/h3-4,7,10H,5H2,1-2H3/t7-,10-/m0/s1. The van der Waals surface area contributed by atoms with Crippen LogP contribution < -0.4 is 0 Å². The van der Waals surface area contributed by atoms with E-state index in [1.165, 1.54) is 0 Å². The molecule has 1 fully saturated rings. The number of benzene rings is 1. The summed E-state index contributed by atoms with van der Waals surface area (Å²) in [6, 6.07) is 0.0718. The molecule has 1 aromatic carbocycles. The van der Waals surface area contributed by atoms with E-state index in [4.69, 9.17) is 0 Å². The number of carbonyl (C=O) groups is 2. The van der Waals surface area contributed by atoms with Crippen LogP contribution in [0, 0.1) is 40.5 Å². The number of rotatable bonds is 4. The van der Waals surface area contributed by atoms with E-state index in [1.807, 2.05) is 0 Å². The van der Waals surface area contributed by atoms with Crippen LogP contribution in [0.5, 0.6) is 0 Å². The van der Waals surface area contributed by atoms with E-state index in [9.17, 15) is 27.2 Å². The molecule has 3 nitrogen and oxygen atoms in total. The minimum atomic E-state index is -1.61. The largest absolute Gasteiger partial charge is 0.460 e. The van der Waals surface area contributed by atoms with Gasteiger partial charge in [-0.3, -0.25) is 4.79 Å². The number of carbonyl (C=O) groups excluding carboxylic acids is 2. The molecule has 0 heterocycles. The number of esters is 1. The lowest BCUT2D eigenvalue weighted by atomic mass is 10.1. The van der Waals surface area contributed by atoms with E-state index in [1.54, 1.807) is 13.8 Å². The first kappa shape index (κ1) is 15.5. The van der Waals surface area contributed by atoms with E-state index in [0.29, 0.717) is 6.29 Å². The molecule has 1 aliphatic carbocycles. The molecule has 0 N–H and O–H groups in total. The van der Waals surface area contributed by atoms with E-state index < -0.39 is 58.7 Å². The molecule has 0 amide bonds. The third-order valence-electron chi connectivity index (χ3n) is 3.87. The Morgan fingerprint density at radius 2 is 1.76 bits per heavy atom. The minimum Gasteiger partial charge on any atom is -0.460 e. The zero-order chi connectivity index (χ0) is 15.9. The molecular weight excluding hydrogens is 292 g/mol. The fourth-order valence-electron chi connectivity index (χ4n) is 2.36. The summed E-state index contributed by atoms with van der Waals surface area (Å²) in [6.07, 6.45) is 0.606. The summed E-state index contributed by atoms with van der Waals surface area (Å²) in [5, 5.41) is 0. The molecule has 0 aliphatic heterocycles. The Labute approximate surface area is 117 Å². The third-order valence-corrected chi connectivity index (χ3v) is 3.87. The molecule has 1 saturated carbocycles. The molecule has 0 bridgehead atoms. The van der Waals surface area contributed by atoms with Crippen molar-refractivity contribution >= 4 is 12.3 Å². The predicted octanol–water partition coefficient (Wildman–Crippen LogP) is 2.76. The second-order valence-electron chi connectivity index (χ2n) is 5.52. The summed E-state index contributed by atoms with van der Waals surface area (Å²) in [4.78, 5) is 22.5. The van der Waals surface area contributed by atoms with Gasteiger partial charge in [0, 0.05) is 12.0 Å². The van der Waals surface area contributed by atoms with Gasteiger partial charge in [-0.05, 0) is 5.41 Å². The van der Waals surface area contributed by atoms with Gasteiger partial charge in [0.15, 0.2) is 23.3 Å². The monoisotopic (exact) mass is 304 g/mol. The molecule has 0 aromatic heterocycles. The average Bonchev–Trinajstić information content (AvgIpc) is 2.98. The normalized spacial score (nSPS) is 22.8. The van der Waals surface area contributed by atoms with Gasteiger partial charge in [0.05, 0.1) is 11.5 Å². The first-order chi connectivity index (χ1) is 9.71. The summed E-state index contributed by atoms with van der Waals surface area (Å²) in [5.74, 6) is -8.45. The molecule has 1 aromatic rings. The van der Waals surface area contributed by atoms with Crippen LogP contribution in [0.2, 0.25) is 0 Å². The van der Waals surface area contributed by atoms with Crippen molar-refractivity contribution in [3.8, 4) is 0 Å². The van der Waals surface area contributed by atoms with E-state index in [2.05, 4.69) is 4.74 Å². The minimum absolute atomic E-state index is 0.0718. The number of aldehydes is 1. The molecule has 0 spiro atoms. The van der Waals surface area contributed by atoms with Gasteiger partial charge in [0.25, 0.3) is 0 Å². The molecule has 1 aliphatic rings. The second kappa shape index (κ2) is 5.13. The molecule has 0 saturated heterocycles. The smallest absolute Gasteiger partial charge is 0.310 e. The highest BCUT2D eigenvalue weighted by Gasteiger charge is 2.62. The number of hydrogen-bond donors (Lipinski definition) is 0. The number of hydrogen-bond acceptors (Lipinski definition) is 3. The van der Waals surface area contributed by atoms with Crippen molar-refractivity contribution in [3.63, 3.8) is 0 Å². The number of halogens is 4. The Morgan fingerprint density at radius 3 is 2.19 bits per heavy atom. The van der Waals surface area contributed by atoms with Crippen LogP contribution in [0.15, 0.2) is 6.07 Å². The van der Waals surface area contributed by atoms with Crippen LogP contribution in [-0.4, -0.2) is 12.3 Å². The van der Waals surface area contributed by atoms with E-state index in [0.717, 1.165) is 0 Å². The van der Waals surface area contributed by atoms with Crippen molar-refractivity contribution in [1.82, 2.24) is 0 Å². The molecule has 21 heavy (non-hydrogen) atoms. The van der Waals surface area contributed by atoms with Crippen molar-refractivity contribution in [1.29, 1.82) is 0 Å². The van der Waals surface area contributed by atoms with Crippen LogP contribution in [0.3, 0.4) is 0 Å². The molecule has 114 valence electrons. The van der Waals surface area contributed by atoms with Gasteiger partial charge in [-0.1, -0.05) is 13.8 Å². The molecule has 0 radical (unpaired) electrons.